The summed E-state index contributed by atoms with van der Waals surface area (Å²) in [4.78, 5) is 50.3. The molecule has 1 aromatic carbocycles. The first-order chi connectivity index (χ1) is 16.0. The summed E-state index contributed by atoms with van der Waals surface area (Å²) in [7, 11) is 0. The Bertz CT molecular complexity index is 1100. The van der Waals surface area contributed by atoms with Gasteiger partial charge in [-0.3, -0.25) is 19.9 Å². The van der Waals surface area contributed by atoms with E-state index >= 15 is 0 Å². The van der Waals surface area contributed by atoms with Gasteiger partial charge in [0.15, 0.2) is 11.5 Å². The highest BCUT2D eigenvalue weighted by molar-refractivity contribution is 5.84. The first kappa shape index (κ1) is 26.0. The van der Waals surface area contributed by atoms with Crippen LogP contribution in [0.4, 0.5) is 15.3 Å². The topological polar surface area (TPSA) is 153 Å². The van der Waals surface area contributed by atoms with Crippen LogP contribution >= 0.6 is 0 Å². The number of hydrogen-bond acceptors (Lipinski definition) is 11. The van der Waals surface area contributed by atoms with Gasteiger partial charge in [-0.1, -0.05) is 12.1 Å². The van der Waals surface area contributed by atoms with Crippen LogP contribution in [0.15, 0.2) is 24.3 Å². The molecular formula is C22H24N2O10. The molecule has 1 aromatic heterocycles. The third kappa shape index (κ3) is 7.15. The Morgan fingerprint density at radius 1 is 1.00 bits per heavy atom. The van der Waals surface area contributed by atoms with Crippen LogP contribution in [0.25, 0.3) is 11.1 Å². The molecule has 0 N–H and O–H groups in total. The third-order valence-corrected chi connectivity index (χ3v) is 4.10. The normalized spacial score (nSPS) is 10.4. The highest BCUT2D eigenvalue weighted by Crippen LogP contribution is 2.43. The van der Waals surface area contributed by atoms with Crippen LogP contribution in [0.5, 0.6) is 11.5 Å². The molecule has 0 aliphatic rings. The lowest BCUT2D eigenvalue weighted by Gasteiger charge is -2.18. The SMILES string of the molecule is CC(=O)OCCOC(=O)Oc1c(C)nc(C)c(OC(=O)OC(C)C)c1-c1cccc([N+](=O)[O-])c1. The van der Waals surface area contributed by atoms with Crippen molar-refractivity contribution in [3.8, 4) is 22.6 Å². The van der Waals surface area contributed by atoms with Crippen molar-refractivity contribution in [3.05, 3.63) is 45.8 Å². The highest BCUT2D eigenvalue weighted by Gasteiger charge is 2.26. The molecule has 0 fully saturated rings. The molecule has 0 radical (unpaired) electrons. The van der Waals surface area contributed by atoms with Crippen molar-refractivity contribution in [1.82, 2.24) is 4.98 Å². The Labute approximate surface area is 194 Å². The fourth-order valence-corrected chi connectivity index (χ4v) is 2.83. The number of benzene rings is 1. The molecule has 2 rings (SSSR count). The van der Waals surface area contributed by atoms with E-state index in [0.29, 0.717) is 0 Å². The summed E-state index contributed by atoms with van der Waals surface area (Å²) < 4.78 is 25.3. The molecule has 0 aliphatic heterocycles. The van der Waals surface area contributed by atoms with Gasteiger partial charge in [0, 0.05) is 19.1 Å². The maximum absolute atomic E-state index is 12.3. The number of pyridine rings is 1. The van der Waals surface area contributed by atoms with E-state index in [9.17, 15) is 24.5 Å². The second kappa shape index (κ2) is 11.6. The van der Waals surface area contributed by atoms with Gasteiger partial charge in [0.05, 0.1) is 28.0 Å². The number of carbonyl (C=O) groups excluding carboxylic acids is 3. The second-order valence-electron chi connectivity index (χ2n) is 7.18. The number of nitro groups is 1. The molecule has 34 heavy (non-hydrogen) atoms. The number of ether oxygens (including phenoxy) is 5. The summed E-state index contributed by atoms with van der Waals surface area (Å²) in [5, 5.41) is 11.3. The zero-order chi connectivity index (χ0) is 25.4. The Balaban J connectivity index is 2.53. The molecule has 0 spiro atoms. The van der Waals surface area contributed by atoms with Crippen molar-refractivity contribution in [1.29, 1.82) is 0 Å². The molecular weight excluding hydrogens is 452 g/mol. The number of nitrogens with zero attached hydrogens (tertiary/aromatic N) is 2. The van der Waals surface area contributed by atoms with Gasteiger partial charge in [-0.2, -0.15) is 0 Å². The van der Waals surface area contributed by atoms with E-state index in [1.165, 1.54) is 38.1 Å². The van der Waals surface area contributed by atoms with Crippen LogP contribution in [0.2, 0.25) is 0 Å². The molecule has 0 bridgehead atoms. The van der Waals surface area contributed by atoms with Crippen LogP contribution < -0.4 is 9.47 Å². The smallest absolute Gasteiger partial charge is 0.462 e. The van der Waals surface area contributed by atoms with Gasteiger partial charge in [-0.15, -0.1) is 0 Å². The van der Waals surface area contributed by atoms with E-state index < -0.39 is 29.3 Å². The predicted molar refractivity (Wildman–Crippen MR) is 117 cm³/mol. The van der Waals surface area contributed by atoms with Gasteiger partial charge in [0.25, 0.3) is 5.69 Å². The summed E-state index contributed by atoms with van der Waals surface area (Å²) in [6.07, 6.45) is -2.66. The van der Waals surface area contributed by atoms with Gasteiger partial charge in [0.2, 0.25) is 0 Å². The van der Waals surface area contributed by atoms with Crippen LogP contribution in [0.3, 0.4) is 0 Å². The van der Waals surface area contributed by atoms with Gasteiger partial charge < -0.3 is 23.7 Å². The first-order valence-corrected chi connectivity index (χ1v) is 10.1. The number of carbonyl (C=O) groups is 3. The highest BCUT2D eigenvalue weighted by atomic mass is 16.7. The number of non-ortho nitro benzene ring substituents is 1. The Kier molecular flexibility index (Phi) is 8.87. The predicted octanol–water partition coefficient (Wildman–Crippen LogP) is 4.28. The van der Waals surface area contributed by atoms with Gasteiger partial charge in [-0.25, -0.2) is 9.59 Å². The van der Waals surface area contributed by atoms with Gasteiger partial charge >= 0.3 is 18.3 Å². The van der Waals surface area contributed by atoms with Crippen molar-refractivity contribution in [2.24, 2.45) is 0 Å². The molecule has 0 saturated carbocycles. The molecule has 182 valence electrons. The minimum absolute atomic E-state index is 0.0614. The van der Waals surface area contributed by atoms with Crippen LogP contribution in [-0.4, -0.2) is 47.5 Å². The standard InChI is InChI=1S/C22H24N2O10/c1-12(2)32-22(27)34-20-14(4)23-13(3)19(33-21(26)31-10-9-30-15(5)25)18(20)16-7-6-8-17(11-16)24(28)29/h6-8,11-12H,9-10H2,1-5H3. The molecule has 0 aliphatic carbocycles. The number of nitro benzene ring substituents is 1. The fourth-order valence-electron chi connectivity index (χ4n) is 2.83. The molecule has 12 nitrogen and oxygen atoms in total. The van der Waals surface area contributed by atoms with E-state index in [0.717, 1.165) is 0 Å². The summed E-state index contributed by atoms with van der Waals surface area (Å²) in [6, 6.07) is 5.45. The molecule has 0 unspecified atom stereocenters. The molecule has 12 heteroatoms. The van der Waals surface area contributed by atoms with Crippen molar-refractivity contribution in [2.45, 2.75) is 40.7 Å². The van der Waals surface area contributed by atoms with Crippen molar-refractivity contribution >= 4 is 24.0 Å². The van der Waals surface area contributed by atoms with Crippen molar-refractivity contribution in [2.75, 3.05) is 13.2 Å². The number of aryl methyl sites for hydroxylation is 2. The van der Waals surface area contributed by atoms with E-state index in [-0.39, 0.29) is 52.9 Å². The van der Waals surface area contributed by atoms with Crippen LogP contribution in [0, 0.1) is 24.0 Å². The number of rotatable bonds is 8. The van der Waals surface area contributed by atoms with E-state index in [2.05, 4.69) is 9.72 Å². The summed E-state index contributed by atoms with van der Waals surface area (Å²) in [5.41, 5.74) is 0.509. The van der Waals surface area contributed by atoms with Gasteiger partial charge in [-0.05, 0) is 33.3 Å². The average molecular weight is 476 g/mol. The minimum Gasteiger partial charge on any atom is -0.462 e. The van der Waals surface area contributed by atoms with Crippen LogP contribution in [-0.2, 0) is 19.0 Å². The van der Waals surface area contributed by atoms with E-state index in [4.69, 9.17) is 18.9 Å². The monoisotopic (exact) mass is 476 g/mol. The summed E-state index contributed by atoms with van der Waals surface area (Å²) in [6.45, 7) is 7.09. The molecule has 0 amide bonds. The first-order valence-electron chi connectivity index (χ1n) is 10.1. The zero-order valence-electron chi connectivity index (χ0n) is 19.3. The number of aromatic nitrogens is 1. The largest absolute Gasteiger partial charge is 0.514 e. The lowest BCUT2D eigenvalue weighted by Crippen LogP contribution is -2.19. The fraction of sp³-hybridized carbons (Fsp3) is 0.364. The lowest BCUT2D eigenvalue weighted by atomic mass is 10.0. The number of esters is 1. The Morgan fingerprint density at radius 3 is 2.15 bits per heavy atom. The minimum atomic E-state index is -1.15. The van der Waals surface area contributed by atoms with Gasteiger partial charge in [0.1, 0.15) is 13.2 Å². The molecule has 2 aromatic rings. The van der Waals surface area contributed by atoms with E-state index in [1.807, 2.05) is 0 Å². The quantitative estimate of drug-likeness (QED) is 0.176. The molecule has 0 atom stereocenters. The molecule has 0 saturated heterocycles. The third-order valence-electron chi connectivity index (χ3n) is 4.10. The van der Waals surface area contributed by atoms with E-state index in [1.54, 1.807) is 20.8 Å². The summed E-state index contributed by atoms with van der Waals surface area (Å²) >= 11 is 0. The van der Waals surface area contributed by atoms with Crippen LogP contribution in [0.1, 0.15) is 32.2 Å². The maximum atomic E-state index is 12.3. The average Bonchev–Trinajstić information content (AvgIpc) is 2.74. The molecule has 1 heterocycles. The Hall–Kier alpha value is -4.22. The van der Waals surface area contributed by atoms with Crippen molar-refractivity contribution < 1.29 is 43.0 Å². The second-order valence-corrected chi connectivity index (χ2v) is 7.18. The summed E-state index contributed by atoms with van der Waals surface area (Å²) in [5.74, 6) is -0.797. The maximum Gasteiger partial charge on any atom is 0.514 e. The Morgan fingerprint density at radius 2 is 1.59 bits per heavy atom. The number of hydrogen-bond donors (Lipinski definition) is 0. The van der Waals surface area contributed by atoms with Crippen molar-refractivity contribution in [3.63, 3.8) is 0 Å². The zero-order valence-corrected chi connectivity index (χ0v) is 19.3. The lowest BCUT2D eigenvalue weighted by molar-refractivity contribution is -0.384.